The molecule has 1 amide bonds. The number of sulfonamides is 1. The fourth-order valence-electron chi connectivity index (χ4n) is 3.19. The number of hydrogen-bond acceptors (Lipinski definition) is 3. The number of rotatable bonds is 6. The Labute approximate surface area is 162 Å². The molecular weight excluding hydrogens is 360 g/mol. The molecular formula is C21H28N2O3S. The number of nitrogens with one attached hydrogen (secondary N) is 1. The lowest BCUT2D eigenvalue weighted by atomic mass is 9.97. The van der Waals surface area contributed by atoms with Crippen LogP contribution in [0.3, 0.4) is 0 Å². The van der Waals surface area contributed by atoms with Gasteiger partial charge in [0.05, 0.1) is 18.0 Å². The summed E-state index contributed by atoms with van der Waals surface area (Å²) >= 11 is 0. The van der Waals surface area contributed by atoms with Crippen LogP contribution in [0.2, 0.25) is 0 Å². The van der Waals surface area contributed by atoms with Gasteiger partial charge in [-0.2, -0.15) is 0 Å². The number of amides is 1. The molecule has 0 aliphatic carbocycles. The largest absolute Gasteiger partial charge is 0.345 e. The number of hydrogen-bond donors (Lipinski definition) is 1. The third-order valence-electron chi connectivity index (χ3n) is 4.81. The van der Waals surface area contributed by atoms with Crippen molar-refractivity contribution in [2.75, 3.05) is 17.6 Å². The number of benzene rings is 2. The molecule has 0 aliphatic heterocycles. The molecule has 0 spiro atoms. The van der Waals surface area contributed by atoms with E-state index in [9.17, 15) is 13.2 Å². The number of anilines is 1. The third kappa shape index (κ3) is 4.89. The zero-order valence-corrected chi connectivity index (χ0v) is 17.6. The van der Waals surface area contributed by atoms with Crippen LogP contribution in [0.25, 0.3) is 0 Å². The molecule has 27 heavy (non-hydrogen) atoms. The van der Waals surface area contributed by atoms with Crippen molar-refractivity contribution in [2.24, 2.45) is 0 Å². The Bertz CT molecular complexity index is 952. The number of nitrogens with zero attached hydrogens (tertiary/aromatic N) is 1. The van der Waals surface area contributed by atoms with Crippen LogP contribution in [0.15, 0.2) is 36.4 Å². The second-order valence-corrected chi connectivity index (χ2v) is 9.04. The van der Waals surface area contributed by atoms with E-state index in [0.717, 1.165) is 29.4 Å². The number of carbonyl (C=O) groups excluding carboxylic acids is 1. The van der Waals surface area contributed by atoms with E-state index < -0.39 is 10.0 Å². The summed E-state index contributed by atoms with van der Waals surface area (Å²) in [5.41, 5.74) is 5.27. The Kier molecular flexibility index (Phi) is 6.31. The first-order valence-electron chi connectivity index (χ1n) is 8.97. The second kappa shape index (κ2) is 8.13. The lowest BCUT2D eigenvalue weighted by Gasteiger charge is -2.21. The number of aryl methyl sites for hydroxylation is 3. The zero-order valence-electron chi connectivity index (χ0n) is 16.8. The van der Waals surface area contributed by atoms with E-state index in [1.807, 2.05) is 13.8 Å². The van der Waals surface area contributed by atoms with Gasteiger partial charge in [0.15, 0.2) is 0 Å². The third-order valence-corrected chi connectivity index (χ3v) is 6.00. The van der Waals surface area contributed by atoms with Gasteiger partial charge in [0, 0.05) is 12.6 Å². The first-order chi connectivity index (χ1) is 12.5. The monoisotopic (exact) mass is 388 g/mol. The first-order valence-corrected chi connectivity index (χ1v) is 10.8. The van der Waals surface area contributed by atoms with Crippen LogP contribution in [-0.2, 0) is 10.0 Å². The summed E-state index contributed by atoms with van der Waals surface area (Å²) in [7, 11) is -1.84. The van der Waals surface area contributed by atoms with Crippen LogP contribution >= 0.6 is 0 Å². The molecule has 0 aromatic heterocycles. The molecule has 0 saturated heterocycles. The highest BCUT2D eigenvalue weighted by Crippen LogP contribution is 2.24. The van der Waals surface area contributed by atoms with Crippen LogP contribution in [0.1, 0.15) is 52.0 Å². The molecule has 2 rings (SSSR count). The highest BCUT2D eigenvalue weighted by molar-refractivity contribution is 7.92. The van der Waals surface area contributed by atoms with Gasteiger partial charge in [0.25, 0.3) is 5.91 Å². The van der Waals surface area contributed by atoms with Gasteiger partial charge in [0.1, 0.15) is 0 Å². The fraction of sp³-hybridized carbons (Fsp3) is 0.381. The predicted molar refractivity (Wildman–Crippen MR) is 111 cm³/mol. The van der Waals surface area contributed by atoms with Crippen molar-refractivity contribution in [2.45, 2.75) is 40.2 Å². The molecule has 2 aromatic carbocycles. The summed E-state index contributed by atoms with van der Waals surface area (Å²) in [6, 6.07) is 11.2. The van der Waals surface area contributed by atoms with Crippen LogP contribution in [0, 0.1) is 20.8 Å². The summed E-state index contributed by atoms with van der Waals surface area (Å²) in [5, 5.41) is 3.09. The summed E-state index contributed by atoms with van der Waals surface area (Å²) in [6.07, 6.45) is 1.94. The highest BCUT2D eigenvalue weighted by atomic mass is 32.2. The van der Waals surface area contributed by atoms with Crippen molar-refractivity contribution in [3.05, 3.63) is 64.2 Å². The summed E-state index contributed by atoms with van der Waals surface area (Å²) in [4.78, 5) is 12.8. The first kappa shape index (κ1) is 21.0. The quantitative estimate of drug-likeness (QED) is 0.816. The van der Waals surface area contributed by atoms with Crippen LogP contribution in [-0.4, -0.2) is 27.6 Å². The topological polar surface area (TPSA) is 66.5 Å². The molecule has 0 bridgehead atoms. The van der Waals surface area contributed by atoms with Crippen molar-refractivity contribution in [1.82, 2.24) is 5.32 Å². The van der Waals surface area contributed by atoms with Gasteiger partial charge >= 0.3 is 0 Å². The minimum Gasteiger partial charge on any atom is -0.345 e. The highest BCUT2D eigenvalue weighted by Gasteiger charge is 2.18. The summed E-state index contributed by atoms with van der Waals surface area (Å²) in [6.45, 7) is 7.94. The van der Waals surface area contributed by atoms with E-state index in [-0.39, 0.29) is 11.9 Å². The lowest BCUT2D eigenvalue weighted by Crippen LogP contribution is -2.29. The maximum atomic E-state index is 12.8. The van der Waals surface area contributed by atoms with Crippen molar-refractivity contribution in [3.63, 3.8) is 0 Å². The number of carbonyl (C=O) groups is 1. The zero-order chi connectivity index (χ0) is 20.4. The molecule has 0 saturated carbocycles. The average Bonchev–Trinajstić information content (AvgIpc) is 2.58. The molecule has 1 atom stereocenters. The van der Waals surface area contributed by atoms with Crippen LogP contribution in [0.5, 0.6) is 0 Å². The predicted octanol–water partition coefficient (Wildman–Crippen LogP) is 3.89. The summed E-state index contributed by atoms with van der Waals surface area (Å²) in [5.74, 6) is -0.168. The van der Waals surface area contributed by atoms with Gasteiger partial charge in [-0.3, -0.25) is 9.10 Å². The molecule has 5 nitrogen and oxygen atoms in total. The van der Waals surface area contributed by atoms with Gasteiger partial charge in [-0.1, -0.05) is 30.7 Å². The molecule has 2 aromatic rings. The van der Waals surface area contributed by atoms with Crippen molar-refractivity contribution in [1.29, 1.82) is 0 Å². The van der Waals surface area contributed by atoms with E-state index in [2.05, 4.69) is 30.4 Å². The minimum atomic E-state index is -3.35. The van der Waals surface area contributed by atoms with E-state index in [0.29, 0.717) is 11.3 Å². The molecule has 0 radical (unpaired) electrons. The van der Waals surface area contributed by atoms with E-state index >= 15 is 0 Å². The Morgan fingerprint density at radius 1 is 1.07 bits per heavy atom. The maximum absolute atomic E-state index is 12.8. The Morgan fingerprint density at radius 2 is 1.74 bits per heavy atom. The van der Waals surface area contributed by atoms with E-state index in [4.69, 9.17) is 0 Å². The Balaban J connectivity index is 2.25. The average molecular weight is 389 g/mol. The Hall–Kier alpha value is -2.34. The molecule has 6 heteroatoms. The Morgan fingerprint density at radius 3 is 2.26 bits per heavy atom. The molecule has 0 aliphatic rings. The van der Waals surface area contributed by atoms with E-state index in [1.165, 1.54) is 16.9 Å². The van der Waals surface area contributed by atoms with Crippen LogP contribution in [0.4, 0.5) is 5.69 Å². The maximum Gasteiger partial charge on any atom is 0.251 e. The summed E-state index contributed by atoms with van der Waals surface area (Å²) < 4.78 is 24.7. The van der Waals surface area contributed by atoms with Gasteiger partial charge in [-0.25, -0.2) is 8.42 Å². The van der Waals surface area contributed by atoms with Gasteiger partial charge in [0.2, 0.25) is 10.0 Å². The molecule has 0 heterocycles. The molecule has 0 fully saturated rings. The lowest BCUT2D eigenvalue weighted by molar-refractivity contribution is 0.0935. The molecule has 1 N–H and O–H groups in total. The normalized spacial score (nSPS) is 12.5. The van der Waals surface area contributed by atoms with Crippen molar-refractivity contribution < 1.29 is 13.2 Å². The van der Waals surface area contributed by atoms with Gasteiger partial charge in [-0.05, 0) is 62.1 Å². The SMILES string of the molecule is CC[C@H](NC(=O)c1ccc(N(C)S(C)(=O)=O)c(C)c1)c1ccc(C)cc1C. The second-order valence-electron chi connectivity index (χ2n) is 7.03. The van der Waals surface area contributed by atoms with Crippen molar-refractivity contribution in [3.8, 4) is 0 Å². The smallest absolute Gasteiger partial charge is 0.251 e. The molecule has 0 unspecified atom stereocenters. The van der Waals surface area contributed by atoms with Crippen LogP contribution < -0.4 is 9.62 Å². The van der Waals surface area contributed by atoms with E-state index in [1.54, 1.807) is 25.1 Å². The fourth-order valence-corrected chi connectivity index (χ4v) is 3.75. The van der Waals surface area contributed by atoms with Crippen molar-refractivity contribution >= 4 is 21.6 Å². The standard InChI is InChI=1S/C21H28N2O3S/c1-7-19(18-10-8-14(2)12-15(18)3)22-21(24)17-9-11-20(16(4)13-17)23(5)27(6,25)26/h8-13,19H,7H2,1-6H3,(H,22,24)/t19-/m0/s1. The van der Waals surface area contributed by atoms with Gasteiger partial charge in [-0.15, -0.1) is 0 Å². The minimum absolute atomic E-state index is 0.0724. The molecule has 146 valence electrons. The van der Waals surface area contributed by atoms with Gasteiger partial charge < -0.3 is 5.32 Å².